The van der Waals surface area contributed by atoms with E-state index in [1.54, 1.807) is 48.5 Å². The summed E-state index contributed by atoms with van der Waals surface area (Å²) in [6.45, 7) is 2.39. The molecule has 2 aromatic carbocycles. The number of halogens is 1. The van der Waals surface area contributed by atoms with Gasteiger partial charge in [-0.2, -0.15) is 4.31 Å². The zero-order valence-electron chi connectivity index (χ0n) is 13.1. The second-order valence-corrected chi connectivity index (χ2v) is 8.00. The summed E-state index contributed by atoms with van der Waals surface area (Å²) in [6, 6.07) is 12.4. The molecule has 1 unspecified atom stereocenters. The van der Waals surface area contributed by atoms with Crippen LogP contribution in [-0.4, -0.2) is 31.7 Å². The predicted molar refractivity (Wildman–Crippen MR) is 92.3 cm³/mol. The van der Waals surface area contributed by atoms with Crippen molar-refractivity contribution in [3.05, 3.63) is 64.7 Å². The average Bonchev–Trinajstić information content (AvgIpc) is 2.56. The first kappa shape index (κ1) is 17.0. The van der Waals surface area contributed by atoms with Crippen molar-refractivity contribution in [2.24, 2.45) is 0 Å². The van der Waals surface area contributed by atoms with E-state index < -0.39 is 16.1 Å². The number of hydrogen-bond donors (Lipinski definition) is 1. The fraction of sp³-hybridized carbons (Fsp3) is 0.235. The number of sulfonamides is 1. The molecule has 0 aliphatic carbocycles. The highest BCUT2D eigenvalue weighted by atomic mass is 35.5. The monoisotopic (exact) mass is 364 g/mol. The summed E-state index contributed by atoms with van der Waals surface area (Å²) in [6.07, 6.45) is 0. The molecule has 1 aliphatic heterocycles. The molecule has 1 N–H and O–H groups in total. The molecule has 0 spiro atoms. The van der Waals surface area contributed by atoms with Gasteiger partial charge in [0.1, 0.15) is 6.04 Å². The molecule has 5 nitrogen and oxygen atoms in total. The topological polar surface area (TPSA) is 66.5 Å². The standard InChI is InChI=1S/C17H17ClN2O3S/c1-12-2-8-15(9-3-12)24(22,23)20-11-10-19-17(21)16(20)13-4-6-14(18)7-5-13/h2-9,16H,10-11H2,1H3,(H,19,21). The van der Waals surface area contributed by atoms with Gasteiger partial charge < -0.3 is 5.32 Å². The van der Waals surface area contributed by atoms with Crippen LogP contribution < -0.4 is 5.32 Å². The first-order valence-electron chi connectivity index (χ1n) is 7.51. The zero-order valence-corrected chi connectivity index (χ0v) is 14.6. The van der Waals surface area contributed by atoms with Gasteiger partial charge in [-0.1, -0.05) is 41.4 Å². The van der Waals surface area contributed by atoms with Crippen molar-refractivity contribution in [2.75, 3.05) is 13.1 Å². The number of rotatable bonds is 3. The normalized spacial score (nSPS) is 19.1. The summed E-state index contributed by atoms with van der Waals surface area (Å²) in [7, 11) is -3.78. The van der Waals surface area contributed by atoms with Crippen LogP contribution in [0.25, 0.3) is 0 Å². The Bertz CT molecular complexity index is 848. The number of benzene rings is 2. The number of nitrogens with one attached hydrogen (secondary N) is 1. The van der Waals surface area contributed by atoms with Gasteiger partial charge in [0, 0.05) is 18.1 Å². The lowest BCUT2D eigenvalue weighted by atomic mass is 10.1. The summed E-state index contributed by atoms with van der Waals surface area (Å²) in [5, 5.41) is 3.26. The third kappa shape index (κ3) is 3.17. The van der Waals surface area contributed by atoms with Gasteiger partial charge in [-0.15, -0.1) is 0 Å². The molecule has 24 heavy (non-hydrogen) atoms. The zero-order chi connectivity index (χ0) is 17.3. The molecule has 1 aliphatic rings. The molecule has 2 aromatic rings. The van der Waals surface area contributed by atoms with Gasteiger partial charge in [-0.05, 0) is 36.8 Å². The number of piperazine rings is 1. The van der Waals surface area contributed by atoms with Crippen molar-refractivity contribution in [1.82, 2.24) is 9.62 Å². The van der Waals surface area contributed by atoms with E-state index in [-0.39, 0.29) is 23.9 Å². The van der Waals surface area contributed by atoms with Crippen LogP contribution in [0.4, 0.5) is 0 Å². The van der Waals surface area contributed by atoms with Crippen LogP contribution in [0.3, 0.4) is 0 Å². The lowest BCUT2D eigenvalue weighted by Gasteiger charge is -2.34. The third-order valence-corrected chi connectivity index (χ3v) is 6.11. The van der Waals surface area contributed by atoms with Crippen molar-refractivity contribution in [3.63, 3.8) is 0 Å². The van der Waals surface area contributed by atoms with Gasteiger partial charge in [0.15, 0.2) is 0 Å². The Morgan fingerprint density at radius 1 is 1.08 bits per heavy atom. The third-order valence-electron chi connectivity index (χ3n) is 3.98. The highest BCUT2D eigenvalue weighted by Gasteiger charge is 2.39. The molecule has 1 heterocycles. The van der Waals surface area contributed by atoms with Crippen LogP contribution in [0, 0.1) is 6.92 Å². The first-order valence-corrected chi connectivity index (χ1v) is 9.33. The molecule has 1 amide bonds. The quantitative estimate of drug-likeness (QED) is 0.910. The van der Waals surface area contributed by atoms with Gasteiger partial charge in [-0.25, -0.2) is 8.42 Å². The number of hydrogen-bond acceptors (Lipinski definition) is 3. The molecule has 0 aromatic heterocycles. The smallest absolute Gasteiger partial charge is 0.244 e. The van der Waals surface area contributed by atoms with Gasteiger partial charge in [-0.3, -0.25) is 4.79 Å². The van der Waals surface area contributed by atoms with Crippen molar-refractivity contribution >= 4 is 27.5 Å². The number of nitrogens with zero attached hydrogens (tertiary/aromatic N) is 1. The van der Waals surface area contributed by atoms with Crippen LogP contribution in [0.15, 0.2) is 53.4 Å². The Balaban J connectivity index is 2.04. The molecule has 126 valence electrons. The molecule has 7 heteroatoms. The Kier molecular flexibility index (Phi) is 4.62. The maximum Gasteiger partial charge on any atom is 0.244 e. The molecular weight excluding hydrogens is 348 g/mol. The van der Waals surface area contributed by atoms with Crippen molar-refractivity contribution in [3.8, 4) is 0 Å². The summed E-state index contributed by atoms with van der Waals surface area (Å²) >= 11 is 5.89. The van der Waals surface area contributed by atoms with E-state index in [1.165, 1.54) is 4.31 Å². The number of amides is 1. The van der Waals surface area contributed by atoms with Crippen LogP contribution >= 0.6 is 11.6 Å². The number of carbonyl (C=O) groups excluding carboxylic acids is 1. The molecule has 3 rings (SSSR count). The molecule has 1 atom stereocenters. The SMILES string of the molecule is Cc1ccc(S(=O)(=O)N2CCNC(=O)C2c2ccc(Cl)cc2)cc1. The summed E-state index contributed by atoms with van der Waals surface area (Å²) in [5.74, 6) is -0.334. The fourth-order valence-corrected chi connectivity index (χ4v) is 4.42. The molecule has 0 bridgehead atoms. The largest absolute Gasteiger partial charge is 0.353 e. The number of aryl methyl sites for hydroxylation is 1. The molecule has 0 saturated carbocycles. The Hall–Kier alpha value is -1.89. The van der Waals surface area contributed by atoms with Crippen molar-refractivity contribution in [2.45, 2.75) is 17.9 Å². The maximum atomic E-state index is 13.0. The fourth-order valence-electron chi connectivity index (χ4n) is 2.71. The lowest BCUT2D eigenvalue weighted by Crippen LogP contribution is -2.52. The lowest BCUT2D eigenvalue weighted by molar-refractivity contribution is -0.126. The van der Waals surface area contributed by atoms with Crippen molar-refractivity contribution in [1.29, 1.82) is 0 Å². The number of carbonyl (C=O) groups is 1. The molecular formula is C17H17ClN2O3S. The van der Waals surface area contributed by atoms with Gasteiger partial charge >= 0.3 is 0 Å². The summed E-state index contributed by atoms with van der Waals surface area (Å²) in [5.41, 5.74) is 1.56. The van der Waals surface area contributed by atoms with Crippen LogP contribution in [0.2, 0.25) is 5.02 Å². The summed E-state index contributed by atoms with van der Waals surface area (Å²) < 4.78 is 27.3. The van der Waals surface area contributed by atoms with Crippen molar-refractivity contribution < 1.29 is 13.2 Å². The summed E-state index contributed by atoms with van der Waals surface area (Å²) in [4.78, 5) is 12.6. The minimum Gasteiger partial charge on any atom is -0.353 e. The highest BCUT2D eigenvalue weighted by molar-refractivity contribution is 7.89. The molecule has 1 fully saturated rings. The first-order chi connectivity index (χ1) is 11.4. The molecule has 1 saturated heterocycles. The minimum atomic E-state index is -3.78. The predicted octanol–water partition coefficient (Wildman–Crippen LogP) is 2.51. The Morgan fingerprint density at radius 2 is 1.71 bits per heavy atom. The van der Waals surface area contributed by atoms with Gasteiger partial charge in [0.05, 0.1) is 4.90 Å². The second-order valence-electron chi connectivity index (χ2n) is 5.67. The van der Waals surface area contributed by atoms with E-state index in [1.807, 2.05) is 6.92 Å². The van der Waals surface area contributed by atoms with E-state index in [4.69, 9.17) is 11.6 Å². The van der Waals surface area contributed by atoms with E-state index in [0.717, 1.165) is 5.56 Å². The average molecular weight is 365 g/mol. The van der Waals surface area contributed by atoms with Gasteiger partial charge in [0.2, 0.25) is 15.9 Å². The van der Waals surface area contributed by atoms with Crippen LogP contribution in [-0.2, 0) is 14.8 Å². The van der Waals surface area contributed by atoms with E-state index in [2.05, 4.69) is 5.32 Å². The Labute approximate surface area is 146 Å². The van der Waals surface area contributed by atoms with Crippen LogP contribution in [0.5, 0.6) is 0 Å². The van der Waals surface area contributed by atoms with E-state index in [9.17, 15) is 13.2 Å². The van der Waals surface area contributed by atoms with E-state index in [0.29, 0.717) is 10.6 Å². The molecule has 0 radical (unpaired) electrons. The van der Waals surface area contributed by atoms with E-state index >= 15 is 0 Å². The Morgan fingerprint density at radius 3 is 2.33 bits per heavy atom. The maximum absolute atomic E-state index is 13.0. The van der Waals surface area contributed by atoms with Crippen LogP contribution in [0.1, 0.15) is 17.2 Å². The highest BCUT2D eigenvalue weighted by Crippen LogP contribution is 2.30. The second kappa shape index (κ2) is 6.55. The minimum absolute atomic E-state index is 0.182. The van der Waals surface area contributed by atoms with Gasteiger partial charge in [0.25, 0.3) is 0 Å².